The molecule has 0 bridgehead atoms. The van der Waals surface area contributed by atoms with Crippen LogP contribution in [-0.2, 0) is 0 Å². The number of hydrogen-bond donors (Lipinski definition) is 1. The van der Waals surface area contributed by atoms with Crippen molar-refractivity contribution in [3.05, 3.63) is 36.5 Å². The SMILES string of the molecule is [CH2]C(CO)c1cccc(OCC)c1F. The van der Waals surface area contributed by atoms with E-state index >= 15 is 0 Å². The average molecular weight is 197 g/mol. The topological polar surface area (TPSA) is 29.5 Å². The zero-order chi connectivity index (χ0) is 10.6. The second-order valence-corrected chi connectivity index (χ2v) is 2.97. The van der Waals surface area contributed by atoms with Crippen LogP contribution >= 0.6 is 0 Å². The van der Waals surface area contributed by atoms with Gasteiger partial charge < -0.3 is 9.84 Å². The minimum atomic E-state index is -0.449. The second-order valence-electron chi connectivity index (χ2n) is 2.97. The van der Waals surface area contributed by atoms with Crippen LogP contribution in [0.2, 0.25) is 0 Å². The molecule has 1 aromatic rings. The molecule has 77 valence electrons. The van der Waals surface area contributed by atoms with Crippen molar-refractivity contribution >= 4 is 0 Å². The van der Waals surface area contributed by atoms with Gasteiger partial charge in [0.15, 0.2) is 11.6 Å². The zero-order valence-corrected chi connectivity index (χ0v) is 8.16. The van der Waals surface area contributed by atoms with E-state index < -0.39 is 11.7 Å². The van der Waals surface area contributed by atoms with Crippen molar-refractivity contribution in [1.82, 2.24) is 0 Å². The summed E-state index contributed by atoms with van der Waals surface area (Å²) in [5.41, 5.74) is 0.387. The third-order valence-electron chi connectivity index (χ3n) is 1.95. The van der Waals surface area contributed by atoms with Crippen LogP contribution in [0.25, 0.3) is 0 Å². The van der Waals surface area contributed by atoms with E-state index in [2.05, 4.69) is 6.92 Å². The molecule has 1 radical (unpaired) electrons. The zero-order valence-electron chi connectivity index (χ0n) is 8.16. The van der Waals surface area contributed by atoms with Crippen LogP contribution in [-0.4, -0.2) is 18.3 Å². The largest absolute Gasteiger partial charge is 0.491 e. The van der Waals surface area contributed by atoms with Gasteiger partial charge in [-0.05, 0) is 25.5 Å². The van der Waals surface area contributed by atoms with E-state index in [9.17, 15) is 4.39 Å². The van der Waals surface area contributed by atoms with E-state index in [1.165, 1.54) is 0 Å². The predicted molar refractivity (Wildman–Crippen MR) is 52.8 cm³/mol. The highest BCUT2D eigenvalue weighted by molar-refractivity contribution is 5.33. The molecule has 1 N–H and O–H groups in total. The molecule has 3 heteroatoms. The summed E-state index contributed by atoms with van der Waals surface area (Å²) in [6.07, 6.45) is 0. The number of hydrogen-bond acceptors (Lipinski definition) is 2. The first-order valence-corrected chi connectivity index (χ1v) is 4.55. The Morgan fingerprint density at radius 3 is 2.86 bits per heavy atom. The Kier molecular flexibility index (Phi) is 3.89. The Labute approximate surface area is 83.3 Å². The summed E-state index contributed by atoms with van der Waals surface area (Å²) in [5.74, 6) is -0.661. The molecule has 14 heavy (non-hydrogen) atoms. The Hall–Kier alpha value is -1.09. The summed E-state index contributed by atoms with van der Waals surface area (Å²) >= 11 is 0. The van der Waals surface area contributed by atoms with Crippen LogP contribution < -0.4 is 4.74 Å². The van der Waals surface area contributed by atoms with Crippen molar-refractivity contribution in [3.8, 4) is 5.75 Å². The van der Waals surface area contributed by atoms with Crippen LogP contribution in [0, 0.1) is 12.7 Å². The van der Waals surface area contributed by atoms with E-state index in [0.29, 0.717) is 12.2 Å². The minimum Gasteiger partial charge on any atom is -0.491 e. The third-order valence-corrected chi connectivity index (χ3v) is 1.95. The molecular formula is C11H14FO2. The molecule has 0 spiro atoms. The first kappa shape index (κ1) is 11.0. The monoisotopic (exact) mass is 197 g/mol. The van der Waals surface area contributed by atoms with Gasteiger partial charge in [-0.1, -0.05) is 12.1 Å². The van der Waals surface area contributed by atoms with Gasteiger partial charge in [0, 0.05) is 5.92 Å². The summed E-state index contributed by atoms with van der Waals surface area (Å²) in [4.78, 5) is 0. The number of aliphatic hydroxyl groups excluding tert-OH is 1. The van der Waals surface area contributed by atoms with Crippen LogP contribution in [0.4, 0.5) is 4.39 Å². The number of halogens is 1. The van der Waals surface area contributed by atoms with E-state index in [1.807, 2.05) is 0 Å². The number of ether oxygens (including phenoxy) is 1. The molecule has 0 aliphatic carbocycles. The van der Waals surface area contributed by atoms with Gasteiger partial charge in [-0.15, -0.1) is 0 Å². The normalized spacial score (nSPS) is 12.6. The van der Waals surface area contributed by atoms with Gasteiger partial charge in [0.05, 0.1) is 13.2 Å². The lowest BCUT2D eigenvalue weighted by Crippen LogP contribution is -2.04. The van der Waals surface area contributed by atoms with Crippen molar-refractivity contribution in [2.24, 2.45) is 0 Å². The van der Waals surface area contributed by atoms with Crippen LogP contribution in [0.3, 0.4) is 0 Å². The summed E-state index contributed by atoms with van der Waals surface area (Å²) < 4.78 is 18.7. The molecule has 1 unspecified atom stereocenters. The highest BCUT2D eigenvalue weighted by Crippen LogP contribution is 2.25. The first-order chi connectivity index (χ1) is 6.70. The van der Waals surface area contributed by atoms with Gasteiger partial charge in [0.25, 0.3) is 0 Å². The average Bonchev–Trinajstić information content (AvgIpc) is 2.20. The van der Waals surface area contributed by atoms with Crippen molar-refractivity contribution in [2.75, 3.05) is 13.2 Å². The highest BCUT2D eigenvalue weighted by Gasteiger charge is 2.13. The Morgan fingerprint density at radius 2 is 2.29 bits per heavy atom. The molecule has 0 aliphatic rings. The predicted octanol–water partition coefficient (Wildman–Crippen LogP) is 2.13. The fraction of sp³-hybridized carbons (Fsp3) is 0.364. The molecule has 1 rings (SSSR count). The van der Waals surface area contributed by atoms with E-state index in [-0.39, 0.29) is 12.4 Å². The molecule has 1 aromatic carbocycles. The summed E-state index contributed by atoms with van der Waals surface area (Å²) in [5, 5.41) is 8.86. The molecule has 1 atom stereocenters. The van der Waals surface area contributed by atoms with Crippen LogP contribution in [0.5, 0.6) is 5.75 Å². The maximum atomic E-state index is 13.6. The molecule has 0 amide bonds. The molecule has 0 fully saturated rings. The first-order valence-electron chi connectivity index (χ1n) is 4.55. The lowest BCUT2D eigenvalue weighted by atomic mass is 10.0. The van der Waals surface area contributed by atoms with Crippen LogP contribution in [0.15, 0.2) is 18.2 Å². The van der Waals surface area contributed by atoms with Gasteiger partial charge in [-0.2, -0.15) is 0 Å². The molecule has 0 aromatic heterocycles. The van der Waals surface area contributed by atoms with Gasteiger partial charge in [0.1, 0.15) is 0 Å². The summed E-state index contributed by atoms with van der Waals surface area (Å²) in [6, 6.07) is 4.86. The van der Waals surface area contributed by atoms with E-state index in [4.69, 9.17) is 9.84 Å². The van der Waals surface area contributed by atoms with Crippen molar-refractivity contribution < 1.29 is 14.2 Å². The van der Waals surface area contributed by atoms with Crippen LogP contribution in [0.1, 0.15) is 18.4 Å². The van der Waals surface area contributed by atoms with Crippen molar-refractivity contribution in [2.45, 2.75) is 12.8 Å². The van der Waals surface area contributed by atoms with Gasteiger partial charge >= 0.3 is 0 Å². The van der Waals surface area contributed by atoms with Gasteiger partial charge in [-0.25, -0.2) is 4.39 Å². The molecular weight excluding hydrogens is 183 g/mol. The fourth-order valence-electron chi connectivity index (χ4n) is 1.21. The summed E-state index contributed by atoms with van der Waals surface area (Å²) in [6.45, 7) is 5.68. The standard InChI is InChI=1S/C11H14FO2/c1-3-14-10-6-4-5-9(11(10)12)8(2)7-13/h4-6,8,13H,2-3,7H2,1H3. The summed E-state index contributed by atoms with van der Waals surface area (Å²) in [7, 11) is 0. The number of aliphatic hydroxyl groups is 1. The van der Waals surface area contributed by atoms with Crippen molar-refractivity contribution in [1.29, 1.82) is 0 Å². The molecule has 0 saturated carbocycles. The Morgan fingerprint density at radius 1 is 1.57 bits per heavy atom. The minimum absolute atomic E-state index is 0.174. The highest BCUT2D eigenvalue weighted by atomic mass is 19.1. The quantitative estimate of drug-likeness (QED) is 0.801. The maximum Gasteiger partial charge on any atom is 0.168 e. The van der Waals surface area contributed by atoms with E-state index in [0.717, 1.165) is 0 Å². The van der Waals surface area contributed by atoms with Gasteiger partial charge in [-0.3, -0.25) is 0 Å². The smallest absolute Gasteiger partial charge is 0.168 e. The Bertz CT molecular complexity index is 299. The van der Waals surface area contributed by atoms with Crippen molar-refractivity contribution in [3.63, 3.8) is 0 Å². The third kappa shape index (κ3) is 2.23. The molecule has 0 saturated heterocycles. The molecule has 2 nitrogen and oxygen atoms in total. The Balaban J connectivity index is 3.00. The molecule has 0 heterocycles. The number of benzene rings is 1. The fourth-order valence-corrected chi connectivity index (χ4v) is 1.21. The lowest BCUT2D eigenvalue weighted by Gasteiger charge is -2.12. The second kappa shape index (κ2) is 4.96. The van der Waals surface area contributed by atoms with E-state index in [1.54, 1.807) is 25.1 Å². The molecule has 0 aliphatic heterocycles. The maximum absolute atomic E-state index is 13.6. The van der Waals surface area contributed by atoms with Gasteiger partial charge in [0.2, 0.25) is 0 Å². The lowest BCUT2D eigenvalue weighted by molar-refractivity contribution is 0.277. The number of rotatable bonds is 4.